The van der Waals surface area contributed by atoms with Crippen LogP contribution in [0.1, 0.15) is 10.5 Å². The lowest BCUT2D eigenvalue weighted by Crippen LogP contribution is -2.46. The molecule has 0 bridgehead atoms. The first-order valence-corrected chi connectivity index (χ1v) is 10.8. The fourth-order valence-corrected chi connectivity index (χ4v) is 6.73. The van der Waals surface area contributed by atoms with Gasteiger partial charge in [-0.3, -0.25) is 10.2 Å². The van der Waals surface area contributed by atoms with Gasteiger partial charge in [-0.2, -0.15) is 8.75 Å². The Morgan fingerprint density at radius 3 is 2.28 bits per heavy atom. The third kappa shape index (κ3) is 2.97. The highest BCUT2D eigenvalue weighted by Gasteiger charge is 2.48. The van der Waals surface area contributed by atoms with Gasteiger partial charge in [0.1, 0.15) is 9.79 Å². The largest absolute Gasteiger partial charge is 0.366 e. The molecule has 0 fully saturated rings. The summed E-state index contributed by atoms with van der Waals surface area (Å²) in [5.41, 5.74) is 1.64. The zero-order valence-corrected chi connectivity index (χ0v) is 15.4. The van der Waals surface area contributed by atoms with Gasteiger partial charge in [0.15, 0.2) is 11.5 Å². The maximum atomic E-state index is 12.4. The van der Waals surface area contributed by atoms with Gasteiger partial charge in [0.2, 0.25) is 0 Å². The number of carbonyl (C=O) groups excluding carboxylic acids is 1. The van der Waals surface area contributed by atoms with Crippen molar-refractivity contribution >= 4 is 55.1 Å². The van der Waals surface area contributed by atoms with Gasteiger partial charge < -0.3 is 5.32 Å². The van der Waals surface area contributed by atoms with Crippen LogP contribution in [-0.4, -0.2) is 47.7 Å². The second kappa shape index (κ2) is 6.49. The molecule has 2 aromatic rings. The van der Waals surface area contributed by atoms with E-state index >= 15 is 0 Å². The Morgan fingerprint density at radius 2 is 1.72 bits per heavy atom. The summed E-state index contributed by atoms with van der Waals surface area (Å²) in [5, 5.41) is 2.73. The van der Waals surface area contributed by atoms with Gasteiger partial charge in [-0.25, -0.2) is 16.8 Å². The number of fused-ring (bicyclic) bond motifs is 1. The molecule has 1 amide bonds. The topological polar surface area (TPSA) is 138 Å². The minimum absolute atomic E-state index is 0.0579. The zero-order chi connectivity index (χ0) is 18.2. The highest BCUT2D eigenvalue weighted by atomic mass is 35.5. The number of sulfonamides is 2. The third-order valence-electron chi connectivity index (χ3n) is 3.12. The van der Waals surface area contributed by atoms with E-state index in [1.165, 1.54) is 12.1 Å². The minimum atomic E-state index is -4.44. The van der Waals surface area contributed by atoms with E-state index in [0.717, 1.165) is 12.1 Å². The van der Waals surface area contributed by atoms with Crippen LogP contribution in [0.3, 0.4) is 0 Å². The van der Waals surface area contributed by atoms with E-state index in [4.69, 9.17) is 11.6 Å². The van der Waals surface area contributed by atoms with Crippen molar-refractivity contribution in [3.8, 4) is 0 Å². The molecule has 2 heterocycles. The number of hydrazine groups is 1. The van der Waals surface area contributed by atoms with E-state index < -0.39 is 35.7 Å². The van der Waals surface area contributed by atoms with Gasteiger partial charge in [0.25, 0.3) is 26.0 Å². The molecule has 10 nitrogen and oxygen atoms in total. The number of hydrogen-bond donors (Lipinski definition) is 2. The van der Waals surface area contributed by atoms with E-state index in [-0.39, 0.29) is 21.2 Å². The Morgan fingerprint density at radius 1 is 1.12 bits per heavy atom. The van der Waals surface area contributed by atoms with Crippen LogP contribution in [0, 0.1) is 0 Å². The van der Waals surface area contributed by atoms with E-state index in [0.29, 0.717) is 18.3 Å². The fourth-order valence-electron chi connectivity index (χ4n) is 2.06. The molecule has 0 unspecified atom stereocenters. The van der Waals surface area contributed by atoms with Gasteiger partial charge in [-0.05, 0) is 12.1 Å². The summed E-state index contributed by atoms with van der Waals surface area (Å²) in [5.74, 6) is -0.719. The van der Waals surface area contributed by atoms with Crippen molar-refractivity contribution in [2.45, 2.75) is 9.79 Å². The van der Waals surface area contributed by atoms with Gasteiger partial charge in [0.05, 0.1) is 11.7 Å². The summed E-state index contributed by atoms with van der Waals surface area (Å²) in [6.07, 6.45) is 0. The number of nitrogens with zero attached hydrogens (tertiary/aromatic N) is 3. The number of alkyl halides is 1. The second-order valence-electron chi connectivity index (χ2n) is 4.67. The van der Waals surface area contributed by atoms with Crippen LogP contribution in [0.25, 0.3) is 0 Å². The Kier molecular flexibility index (Phi) is 4.68. The first-order chi connectivity index (χ1) is 11.8. The maximum Gasteiger partial charge on any atom is 0.290 e. The summed E-state index contributed by atoms with van der Waals surface area (Å²) in [7, 11) is -8.89. The number of aromatic nitrogens is 2. The molecular weight excluding hydrogens is 414 g/mol. The van der Waals surface area contributed by atoms with Crippen LogP contribution in [-0.2, 0) is 20.0 Å². The number of nitrogens with one attached hydrogen (secondary N) is 2. The highest BCUT2D eigenvalue weighted by Crippen LogP contribution is 2.35. The molecule has 1 aromatic carbocycles. The molecule has 0 aliphatic carbocycles. The molecule has 0 atom stereocenters. The standard InChI is InChI=1S/C11H10ClN5O5S3/c12-5-6-13-10-9(15-23-16-10)11(18)14-17-24(19,20)7-3-1-2-4-8(7)25(17,21)22/h1-4H,5-6H2,(H,13,16)(H,14,18). The zero-order valence-electron chi connectivity index (χ0n) is 12.2. The fraction of sp³-hybridized carbons (Fsp3) is 0.182. The average molecular weight is 424 g/mol. The van der Waals surface area contributed by atoms with E-state index in [1.54, 1.807) is 0 Å². The SMILES string of the molecule is O=C(NN1S(=O)(=O)c2ccccc2S1(=O)=O)c1nsnc1NCCCl. The Balaban J connectivity index is 1.94. The number of amides is 1. The Bertz CT molecular complexity index is 983. The number of anilines is 1. The van der Waals surface area contributed by atoms with Crippen molar-refractivity contribution in [1.29, 1.82) is 0 Å². The smallest absolute Gasteiger partial charge is 0.290 e. The molecule has 0 saturated heterocycles. The highest BCUT2D eigenvalue weighted by molar-refractivity contribution is 8.06. The number of hydrogen-bond acceptors (Lipinski definition) is 9. The van der Waals surface area contributed by atoms with E-state index in [1.807, 2.05) is 5.43 Å². The first kappa shape index (κ1) is 18.0. The monoisotopic (exact) mass is 423 g/mol. The van der Waals surface area contributed by atoms with Crippen LogP contribution in [0.2, 0.25) is 0 Å². The van der Waals surface area contributed by atoms with Gasteiger partial charge in [0, 0.05) is 16.2 Å². The molecule has 1 aliphatic rings. The van der Waals surface area contributed by atoms with Gasteiger partial charge in [-0.1, -0.05) is 12.1 Å². The van der Waals surface area contributed by atoms with Crippen LogP contribution >= 0.6 is 23.3 Å². The normalized spacial score (nSPS) is 17.8. The quantitative estimate of drug-likeness (QED) is 0.651. The van der Waals surface area contributed by atoms with Crippen molar-refractivity contribution in [2.24, 2.45) is 0 Å². The van der Waals surface area contributed by atoms with Crippen LogP contribution in [0.4, 0.5) is 5.82 Å². The second-order valence-corrected chi connectivity index (χ2v) is 9.32. The van der Waals surface area contributed by atoms with Gasteiger partial charge in [-0.15, -0.1) is 11.6 Å². The number of carbonyl (C=O) groups is 1. The molecule has 14 heteroatoms. The van der Waals surface area contributed by atoms with Crippen molar-refractivity contribution < 1.29 is 21.6 Å². The predicted octanol–water partition coefficient (Wildman–Crippen LogP) is 0.227. The van der Waals surface area contributed by atoms with Crippen LogP contribution in [0.5, 0.6) is 0 Å². The summed E-state index contributed by atoms with van der Waals surface area (Å²) >= 11 is 6.25. The summed E-state index contributed by atoms with van der Waals surface area (Å²) in [6.45, 7) is 0.291. The lowest BCUT2D eigenvalue weighted by molar-refractivity contribution is 0.0912. The summed E-state index contributed by atoms with van der Waals surface area (Å²) in [4.78, 5) is 11.5. The Labute approximate surface area is 152 Å². The molecule has 0 radical (unpaired) electrons. The first-order valence-electron chi connectivity index (χ1n) is 6.63. The van der Waals surface area contributed by atoms with Crippen molar-refractivity contribution in [3.05, 3.63) is 30.0 Å². The molecular formula is C11H10ClN5O5S3. The van der Waals surface area contributed by atoms with Gasteiger partial charge >= 0.3 is 0 Å². The molecule has 3 rings (SSSR count). The molecule has 1 aromatic heterocycles. The molecule has 25 heavy (non-hydrogen) atoms. The van der Waals surface area contributed by atoms with E-state index in [2.05, 4.69) is 14.1 Å². The molecule has 2 N–H and O–H groups in total. The predicted molar refractivity (Wildman–Crippen MR) is 89.2 cm³/mol. The number of halogens is 1. The number of rotatable bonds is 5. The summed E-state index contributed by atoms with van der Waals surface area (Å²) in [6, 6.07) is 5.06. The molecule has 0 spiro atoms. The molecule has 0 saturated carbocycles. The summed E-state index contributed by atoms with van der Waals surface area (Å²) < 4.78 is 57.2. The van der Waals surface area contributed by atoms with E-state index in [9.17, 15) is 21.6 Å². The average Bonchev–Trinajstić information content (AvgIpc) is 3.10. The lowest BCUT2D eigenvalue weighted by Gasteiger charge is -2.14. The number of benzene rings is 1. The van der Waals surface area contributed by atoms with Crippen molar-refractivity contribution in [2.75, 3.05) is 17.7 Å². The lowest BCUT2D eigenvalue weighted by atomic mass is 10.4. The van der Waals surface area contributed by atoms with Crippen LogP contribution < -0.4 is 10.7 Å². The Hall–Kier alpha value is -1.80. The third-order valence-corrected chi connectivity index (χ3v) is 8.03. The van der Waals surface area contributed by atoms with Crippen molar-refractivity contribution in [1.82, 2.24) is 18.0 Å². The van der Waals surface area contributed by atoms with Crippen molar-refractivity contribution in [3.63, 3.8) is 0 Å². The van der Waals surface area contributed by atoms with Crippen LogP contribution in [0.15, 0.2) is 34.1 Å². The minimum Gasteiger partial charge on any atom is -0.366 e. The molecule has 1 aliphatic heterocycles. The maximum absolute atomic E-state index is 12.4. The molecule has 134 valence electrons.